The molecule has 4 nitrogen and oxygen atoms in total. The van der Waals surface area contributed by atoms with E-state index >= 15 is 0 Å². The molecule has 2 rings (SSSR count). The summed E-state index contributed by atoms with van der Waals surface area (Å²) in [5.41, 5.74) is 0.464. The van der Waals surface area contributed by atoms with Crippen LogP contribution in [-0.4, -0.2) is 14.4 Å². The summed E-state index contributed by atoms with van der Waals surface area (Å²) in [5.74, 6) is -0.408. The van der Waals surface area contributed by atoms with E-state index in [-0.39, 0.29) is 16.4 Å². The number of hydrogen-bond donors (Lipinski definition) is 0. The van der Waals surface area contributed by atoms with E-state index in [1.165, 1.54) is 6.92 Å². The summed E-state index contributed by atoms with van der Waals surface area (Å²) in [6.07, 6.45) is 0. The first-order chi connectivity index (χ1) is 9.49. The second-order valence-electron chi connectivity index (χ2n) is 4.27. The molecular formula is C15H14O4S. The van der Waals surface area contributed by atoms with Crippen LogP contribution in [0.3, 0.4) is 0 Å². The molecule has 0 aromatic heterocycles. The lowest BCUT2D eigenvalue weighted by atomic mass is 10.2. The Morgan fingerprint density at radius 2 is 1.60 bits per heavy atom. The van der Waals surface area contributed by atoms with Crippen LogP contribution in [-0.2, 0) is 20.4 Å². The monoisotopic (exact) mass is 290 g/mol. The highest BCUT2D eigenvalue weighted by Gasteiger charge is 2.17. The van der Waals surface area contributed by atoms with E-state index in [4.69, 9.17) is 4.74 Å². The smallest absolute Gasteiger partial charge is 0.308 e. The number of para-hydroxylation sites is 1. The predicted octanol–water partition coefficient (Wildman–Crippen LogP) is 2.59. The average molecular weight is 290 g/mol. The van der Waals surface area contributed by atoms with Crippen molar-refractivity contribution in [2.75, 3.05) is 0 Å². The predicted molar refractivity (Wildman–Crippen MR) is 75.1 cm³/mol. The maximum Gasteiger partial charge on any atom is 0.308 e. The largest absolute Gasteiger partial charge is 0.426 e. The Hall–Kier alpha value is -2.14. The van der Waals surface area contributed by atoms with Gasteiger partial charge in [-0.25, -0.2) is 8.42 Å². The molecule has 0 amide bonds. The molecule has 104 valence electrons. The Balaban J connectivity index is 2.33. The van der Waals surface area contributed by atoms with E-state index in [1.807, 2.05) is 0 Å². The summed E-state index contributed by atoms with van der Waals surface area (Å²) < 4.78 is 29.6. The fraction of sp³-hybridized carbons (Fsp3) is 0.133. The van der Waals surface area contributed by atoms with Gasteiger partial charge in [-0.1, -0.05) is 36.4 Å². The van der Waals surface area contributed by atoms with Crippen molar-refractivity contribution in [3.8, 4) is 5.75 Å². The molecule has 0 saturated carbocycles. The fourth-order valence-corrected chi connectivity index (χ4v) is 3.18. The molecule has 0 saturated heterocycles. The Labute approximate surface area is 117 Å². The van der Waals surface area contributed by atoms with Crippen LogP contribution in [0.25, 0.3) is 0 Å². The first-order valence-electron chi connectivity index (χ1n) is 6.03. The first kappa shape index (κ1) is 14.3. The molecule has 0 aliphatic heterocycles. The fourth-order valence-electron chi connectivity index (χ4n) is 1.79. The maximum absolute atomic E-state index is 12.3. The molecule has 0 spiro atoms. The SMILES string of the molecule is CC(=O)Oc1ccccc1CS(=O)(=O)c1ccccc1. The van der Waals surface area contributed by atoms with Crippen LogP contribution in [0.15, 0.2) is 59.5 Å². The molecule has 0 aliphatic carbocycles. The quantitative estimate of drug-likeness (QED) is 0.641. The Morgan fingerprint density at radius 3 is 2.25 bits per heavy atom. The molecule has 2 aromatic rings. The number of hydrogen-bond acceptors (Lipinski definition) is 4. The minimum Gasteiger partial charge on any atom is -0.426 e. The molecule has 0 N–H and O–H groups in total. The first-order valence-corrected chi connectivity index (χ1v) is 7.68. The second-order valence-corrected chi connectivity index (χ2v) is 6.26. The van der Waals surface area contributed by atoms with Crippen molar-refractivity contribution in [3.05, 3.63) is 60.2 Å². The zero-order valence-corrected chi connectivity index (χ0v) is 11.8. The van der Waals surface area contributed by atoms with E-state index < -0.39 is 15.8 Å². The Kier molecular flexibility index (Phi) is 4.20. The van der Waals surface area contributed by atoms with Gasteiger partial charge in [0.2, 0.25) is 0 Å². The molecule has 0 heterocycles. The lowest BCUT2D eigenvalue weighted by Gasteiger charge is -2.09. The van der Waals surface area contributed by atoms with Crippen LogP contribution in [0, 0.1) is 0 Å². The third-order valence-corrected chi connectivity index (χ3v) is 4.36. The molecule has 5 heteroatoms. The summed E-state index contributed by atoms with van der Waals surface area (Å²) in [4.78, 5) is 11.3. The van der Waals surface area contributed by atoms with E-state index in [0.717, 1.165) is 0 Å². The number of benzene rings is 2. The number of esters is 1. The van der Waals surface area contributed by atoms with Crippen LogP contribution in [0.1, 0.15) is 12.5 Å². The highest BCUT2D eigenvalue weighted by molar-refractivity contribution is 7.90. The molecule has 0 fully saturated rings. The summed E-state index contributed by atoms with van der Waals surface area (Å²) >= 11 is 0. The second kappa shape index (κ2) is 5.88. The minimum absolute atomic E-state index is 0.208. The lowest BCUT2D eigenvalue weighted by molar-refractivity contribution is -0.131. The molecule has 0 atom stereocenters. The summed E-state index contributed by atoms with van der Waals surface area (Å²) in [5, 5.41) is 0. The highest BCUT2D eigenvalue weighted by Crippen LogP contribution is 2.23. The van der Waals surface area contributed by atoms with Gasteiger partial charge in [0.15, 0.2) is 9.84 Å². The number of ether oxygens (including phenoxy) is 1. The van der Waals surface area contributed by atoms with Gasteiger partial charge in [-0.05, 0) is 18.2 Å². The minimum atomic E-state index is -3.46. The summed E-state index contributed by atoms with van der Waals surface area (Å²) in [6.45, 7) is 1.28. The Bertz CT molecular complexity index is 706. The van der Waals surface area contributed by atoms with Gasteiger partial charge in [-0.15, -0.1) is 0 Å². The topological polar surface area (TPSA) is 60.4 Å². The van der Waals surface area contributed by atoms with Crippen LogP contribution < -0.4 is 4.74 Å². The van der Waals surface area contributed by atoms with Crippen molar-refractivity contribution < 1.29 is 17.9 Å². The van der Waals surface area contributed by atoms with Gasteiger partial charge in [0.05, 0.1) is 10.6 Å². The van der Waals surface area contributed by atoms with Gasteiger partial charge in [-0.2, -0.15) is 0 Å². The van der Waals surface area contributed by atoms with Crippen LogP contribution in [0.2, 0.25) is 0 Å². The van der Waals surface area contributed by atoms with Crippen LogP contribution in [0.5, 0.6) is 5.75 Å². The standard InChI is InChI=1S/C15H14O4S/c1-12(16)19-15-10-6-5-7-13(15)11-20(17,18)14-8-3-2-4-9-14/h2-10H,11H2,1H3. The third kappa shape index (κ3) is 3.45. The van der Waals surface area contributed by atoms with Gasteiger partial charge in [0.25, 0.3) is 0 Å². The van der Waals surface area contributed by atoms with Gasteiger partial charge >= 0.3 is 5.97 Å². The molecular weight excluding hydrogens is 276 g/mol. The molecule has 0 radical (unpaired) electrons. The number of carbonyl (C=O) groups excluding carboxylic acids is 1. The van der Waals surface area contributed by atoms with Gasteiger partial charge in [0.1, 0.15) is 5.75 Å². The molecule has 0 bridgehead atoms. The third-order valence-electron chi connectivity index (χ3n) is 2.67. The maximum atomic E-state index is 12.3. The van der Waals surface area contributed by atoms with Gasteiger partial charge in [0, 0.05) is 12.5 Å². The van der Waals surface area contributed by atoms with E-state index in [9.17, 15) is 13.2 Å². The van der Waals surface area contributed by atoms with Crippen molar-refractivity contribution in [1.29, 1.82) is 0 Å². The average Bonchev–Trinajstić information content (AvgIpc) is 2.41. The number of carbonyl (C=O) groups is 1. The van der Waals surface area contributed by atoms with Crippen molar-refractivity contribution in [2.24, 2.45) is 0 Å². The molecule has 2 aromatic carbocycles. The van der Waals surface area contributed by atoms with E-state index in [2.05, 4.69) is 0 Å². The molecule has 0 aliphatic rings. The Morgan fingerprint density at radius 1 is 1.00 bits per heavy atom. The van der Waals surface area contributed by atoms with Crippen LogP contribution in [0.4, 0.5) is 0 Å². The van der Waals surface area contributed by atoms with Crippen molar-refractivity contribution in [3.63, 3.8) is 0 Å². The summed E-state index contributed by atoms with van der Waals surface area (Å²) in [6, 6.07) is 14.8. The number of rotatable bonds is 4. The lowest BCUT2D eigenvalue weighted by Crippen LogP contribution is -2.08. The zero-order chi connectivity index (χ0) is 14.6. The van der Waals surface area contributed by atoms with E-state index in [0.29, 0.717) is 5.56 Å². The zero-order valence-electron chi connectivity index (χ0n) is 10.9. The van der Waals surface area contributed by atoms with Gasteiger partial charge < -0.3 is 4.74 Å². The van der Waals surface area contributed by atoms with Crippen molar-refractivity contribution >= 4 is 15.8 Å². The van der Waals surface area contributed by atoms with E-state index in [1.54, 1.807) is 54.6 Å². The summed E-state index contributed by atoms with van der Waals surface area (Å²) in [7, 11) is -3.46. The number of sulfone groups is 1. The molecule has 0 unspecified atom stereocenters. The van der Waals surface area contributed by atoms with Crippen molar-refractivity contribution in [1.82, 2.24) is 0 Å². The normalized spacial score (nSPS) is 11.1. The van der Waals surface area contributed by atoms with Crippen LogP contribution >= 0.6 is 0 Å². The molecule has 20 heavy (non-hydrogen) atoms. The van der Waals surface area contributed by atoms with Gasteiger partial charge in [-0.3, -0.25) is 4.79 Å². The van der Waals surface area contributed by atoms with Crippen molar-refractivity contribution in [2.45, 2.75) is 17.6 Å². The highest BCUT2D eigenvalue weighted by atomic mass is 32.2.